The van der Waals surface area contributed by atoms with Gasteiger partial charge in [-0.15, -0.1) is 11.3 Å². The van der Waals surface area contributed by atoms with E-state index in [0.29, 0.717) is 5.13 Å². The van der Waals surface area contributed by atoms with Crippen molar-refractivity contribution in [1.82, 2.24) is 4.98 Å². The highest BCUT2D eigenvalue weighted by Gasteiger charge is 2.38. The lowest BCUT2D eigenvalue weighted by molar-refractivity contribution is -0.117. The van der Waals surface area contributed by atoms with E-state index in [0.717, 1.165) is 25.0 Å². The first-order valence-corrected chi connectivity index (χ1v) is 8.18. The summed E-state index contributed by atoms with van der Waals surface area (Å²) >= 11 is 1.49. The van der Waals surface area contributed by atoms with E-state index in [1.54, 1.807) is 0 Å². The van der Waals surface area contributed by atoms with Crippen LogP contribution < -0.4 is 10.0 Å². The fourth-order valence-electron chi connectivity index (χ4n) is 2.37. The zero-order chi connectivity index (χ0) is 12.9. The molecule has 1 amide bonds. The van der Waals surface area contributed by atoms with E-state index in [1.807, 2.05) is 0 Å². The van der Waals surface area contributed by atoms with Crippen LogP contribution in [0.15, 0.2) is 0 Å². The van der Waals surface area contributed by atoms with Gasteiger partial charge in [0.05, 0.1) is 5.69 Å². The summed E-state index contributed by atoms with van der Waals surface area (Å²) in [5.41, 5.74) is 1.06. The number of primary sulfonamides is 1. The molecule has 3 rings (SSSR count). The third kappa shape index (κ3) is 1.94. The molecule has 1 atom stereocenters. The smallest absolute Gasteiger partial charge is 0.230 e. The number of sulfonamides is 1. The quantitative estimate of drug-likeness (QED) is 0.830. The Balaban J connectivity index is 1.87. The Kier molecular flexibility index (Phi) is 2.68. The van der Waals surface area contributed by atoms with Crippen LogP contribution in [-0.4, -0.2) is 31.1 Å². The monoisotopic (exact) mass is 287 g/mol. The first-order valence-electron chi connectivity index (χ1n) is 5.75. The second kappa shape index (κ2) is 4.01. The number of aryl methyl sites for hydroxylation is 2. The summed E-state index contributed by atoms with van der Waals surface area (Å²) < 4.78 is 22.6. The Morgan fingerprint density at radius 2 is 2.17 bits per heavy atom. The van der Waals surface area contributed by atoms with Crippen molar-refractivity contribution in [3.05, 3.63) is 10.6 Å². The number of fused-ring (bicyclic) bond motifs is 1. The molecule has 8 heteroatoms. The lowest BCUT2D eigenvalue weighted by Crippen LogP contribution is -2.32. The predicted molar refractivity (Wildman–Crippen MR) is 68.0 cm³/mol. The average molecular weight is 287 g/mol. The predicted octanol–water partition coefficient (Wildman–Crippen LogP) is 0.0256. The number of amides is 1. The maximum absolute atomic E-state index is 11.8. The summed E-state index contributed by atoms with van der Waals surface area (Å²) in [6.07, 6.45) is 3.03. The molecule has 2 aliphatic rings. The minimum absolute atomic E-state index is 0.0386. The zero-order valence-electron chi connectivity index (χ0n) is 9.63. The lowest BCUT2D eigenvalue weighted by atomic mass is 10.4. The van der Waals surface area contributed by atoms with Crippen molar-refractivity contribution in [3.63, 3.8) is 0 Å². The number of aromatic nitrogens is 1. The molecule has 1 fully saturated rings. The van der Waals surface area contributed by atoms with Crippen LogP contribution in [0.1, 0.15) is 23.4 Å². The van der Waals surface area contributed by atoms with Gasteiger partial charge in [0.1, 0.15) is 5.25 Å². The van der Waals surface area contributed by atoms with E-state index in [4.69, 9.17) is 5.14 Å². The summed E-state index contributed by atoms with van der Waals surface area (Å²) in [4.78, 5) is 18.9. The van der Waals surface area contributed by atoms with Gasteiger partial charge in [0.15, 0.2) is 5.13 Å². The van der Waals surface area contributed by atoms with Crippen molar-refractivity contribution in [2.45, 2.75) is 30.9 Å². The number of carbonyl (C=O) groups is 1. The molecule has 2 heterocycles. The number of rotatable bonds is 2. The average Bonchev–Trinajstić information content (AvgIpc) is 2.87. The Labute approximate surface area is 109 Å². The SMILES string of the molecule is NS(=O)(=O)C1CC(=O)N(c2nc3c(s2)CCC3)C1. The Morgan fingerprint density at radius 1 is 1.39 bits per heavy atom. The van der Waals surface area contributed by atoms with Crippen LogP contribution in [0.3, 0.4) is 0 Å². The van der Waals surface area contributed by atoms with Gasteiger partial charge < -0.3 is 0 Å². The minimum Gasteiger partial charge on any atom is -0.287 e. The fourth-order valence-corrected chi connectivity index (χ4v) is 4.28. The number of thiazole rings is 1. The van der Waals surface area contributed by atoms with Gasteiger partial charge in [0.25, 0.3) is 0 Å². The summed E-state index contributed by atoms with van der Waals surface area (Å²) in [7, 11) is -3.66. The highest BCUT2D eigenvalue weighted by atomic mass is 32.2. The van der Waals surface area contributed by atoms with Crippen LogP contribution in [0.2, 0.25) is 0 Å². The Morgan fingerprint density at radius 3 is 2.78 bits per heavy atom. The van der Waals surface area contributed by atoms with Crippen LogP contribution in [0.4, 0.5) is 5.13 Å². The molecule has 0 aromatic carbocycles. The third-order valence-electron chi connectivity index (χ3n) is 3.37. The number of nitrogens with zero attached hydrogens (tertiary/aromatic N) is 2. The van der Waals surface area contributed by atoms with Crippen LogP contribution in [0, 0.1) is 0 Å². The van der Waals surface area contributed by atoms with E-state index in [9.17, 15) is 13.2 Å². The normalized spacial score (nSPS) is 23.7. The van der Waals surface area contributed by atoms with Crippen molar-refractivity contribution in [2.24, 2.45) is 5.14 Å². The van der Waals surface area contributed by atoms with Crippen molar-refractivity contribution in [2.75, 3.05) is 11.4 Å². The van der Waals surface area contributed by atoms with Crippen molar-refractivity contribution >= 4 is 32.4 Å². The molecule has 0 spiro atoms. The molecule has 6 nitrogen and oxygen atoms in total. The van der Waals surface area contributed by atoms with Gasteiger partial charge in [-0.05, 0) is 19.3 Å². The second-order valence-corrected chi connectivity index (χ2v) is 7.55. The van der Waals surface area contributed by atoms with Gasteiger partial charge in [-0.2, -0.15) is 0 Å². The van der Waals surface area contributed by atoms with Crippen molar-refractivity contribution < 1.29 is 13.2 Å². The molecule has 1 unspecified atom stereocenters. The zero-order valence-corrected chi connectivity index (χ0v) is 11.3. The minimum atomic E-state index is -3.66. The Hall–Kier alpha value is -0.990. The largest absolute Gasteiger partial charge is 0.287 e. The first kappa shape index (κ1) is 12.1. The van der Waals surface area contributed by atoms with Crippen molar-refractivity contribution in [3.8, 4) is 0 Å². The van der Waals surface area contributed by atoms with Crippen LogP contribution >= 0.6 is 11.3 Å². The molecule has 1 aliphatic carbocycles. The second-order valence-electron chi connectivity index (χ2n) is 4.64. The van der Waals surface area contributed by atoms with E-state index in [2.05, 4.69) is 4.98 Å². The van der Waals surface area contributed by atoms with E-state index < -0.39 is 15.3 Å². The maximum Gasteiger partial charge on any atom is 0.230 e. The van der Waals surface area contributed by atoms with Crippen LogP contribution in [-0.2, 0) is 27.7 Å². The molecule has 1 aliphatic heterocycles. The highest BCUT2D eigenvalue weighted by Crippen LogP contribution is 2.34. The molecule has 18 heavy (non-hydrogen) atoms. The molecule has 0 bridgehead atoms. The number of carbonyl (C=O) groups excluding carboxylic acids is 1. The molecule has 2 N–H and O–H groups in total. The number of hydrogen-bond acceptors (Lipinski definition) is 5. The number of anilines is 1. The summed E-state index contributed by atoms with van der Waals surface area (Å²) in [5.74, 6) is -0.207. The lowest BCUT2D eigenvalue weighted by Gasteiger charge is -2.12. The van der Waals surface area contributed by atoms with Gasteiger partial charge >= 0.3 is 0 Å². The summed E-state index contributed by atoms with van der Waals surface area (Å²) in [6, 6.07) is 0. The summed E-state index contributed by atoms with van der Waals surface area (Å²) in [5, 5.41) is 4.91. The van der Waals surface area contributed by atoms with Gasteiger partial charge in [0, 0.05) is 17.8 Å². The molecule has 1 aromatic rings. The van der Waals surface area contributed by atoms with Gasteiger partial charge in [0.2, 0.25) is 15.9 Å². The first-order chi connectivity index (χ1) is 8.45. The van der Waals surface area contributed by atoms with Gasteiger partial charge in [-0.25, -0.2) is 18.5 Å². The van der Waals surface area contributed by atoms with Gasteiger partial charge in [-0.3, -0.25) is 9.69 Å². The third-order valence-corrected chi connectivity index (χ3v) is 5.79. The van der Waals surface area contributed by atoms with Crippen LogP contribution in [0.25, 0.3) is 0 Å². The molecule has 1 aromatic heterocycles. The maximum atomic E-state index is 11.8. The van der Waals surface area contributed by atoms with Gasteiger partial charge in [-0.1, -0.05) is 0 Å². The summed E-state index contributed by atoms with van der Waals surface area (Å²) in [6.45, 7) is 0.129. The fraction of sp³-hybridized carbons (Fsp3) is 0.600. The number of hydrogen-bond donors (Lipinski definition) is 1. The molecule has 0 radical (unpaired) electrons. The molecular formula is C10H13N3O3S2. The molecular weight excluding hydrogens is 274 g/mol. The molecule has 0 saturated carbocycles. The number of nitrogens with two attached hydrogens (primary N) is 1. The standard InChI is InChI=1S/C10H13N3O3S2/c11-18(15,16)6-4-9(14)13(5-6)10-12-7-2-1-3-8(7)17-10/h6H,1-5H2,(H2,11,15,16). The van der Waals surface area contributed by atoms with E-state index in [-0.39, 0.29) is 18.9 Å². The van der Waals surface area contributed by atoms with Crippen molar-refractivity contribution in [1.29, 1.82) is 0 Å². The molecule has 98 valence electrons. The topological polar surface area (TPSA) is 93.4 Å². The Bertz CT molecular complexity index is 586. The highest BCUT2D eigenvalue weighted by molar-refractivity contribution is 7.89. The van der Waals surface area contributed by atoms with E-state index >= 15 is 0 Å². The van der Waals surface area contributed by atoms with Crippen LogP contribution in [0.5, 0.6) is 0 Å². The molecule has 1 saturated heterocycles. The van der Waals surface area contributed by atoms with E-state index in [1.165, 1.54) is 21.1 Å².